The first-order valence-electron chi connectivity index (χ1n) is 8.20. The molecule has 152 valence electrons. The van der Waals surface area contributed by atoms with Crippen LogP contribution in [0.15, 0.2) is 46.2 Å². The van der Waals surface area contributed by atoms with Gasteiger partial charge in [0, 0.05) is 39.9 Å². The number of rotatable bonds is 9. The number of anilines is 1. The summed E-state index contributed by atoms with van der Waals surface area (Å²) in [4.78, 5) is 12.2. The van der Waals surface area contributed by atoms with Crippen LogP contribution < -0.4 is 10.0 Å². The van der Waals surface area contributed by atoms with Crippen LogP contribution in [0.4, 0.5) is 5.69 Å². The Hall–Kier alpha value is -0.900. The van der Waals surface area contributed by atoms with E-state index in [4.69, 9.17) is 23.2 Å². The van der Waals surface area contributed by atoms with Gasteiger partial charge in [0.15, 0.2) is 0 Å². The third-order valence-electron chi connectivity index (χ3n) is 3.64. The summed E-state index contributed by atoms with van der Waals surface area (Å²) >= 11 is 15.2. The number of carbonyl (C=O) groups is 1. The lowest BCUT2D eigenvalue weighted by Crippen LogP contribution is -2.26. The van der Waals surface area contributed by atoms with Crippen molar-refractivity contribution < 1.29 is 13.2 Å². The topological polar surface area (TPSA) is 75.3 Å². The number of hydrogen-bond acceptors (Lipinski definition) is 5. The summed E-state index contributed by atoms with van der Waals surface area (Å²) in [5.41, 5.74) is 1.32. The number of sulfonamides is 1. The van der Waals surface area contributed by atoms with E-state index in [-0.39, 0.29) is 17.3 Å². The van der Waals surface area contributed by atoms with E-state index < -0.39 is 10.0 Å². The van der Waals surface area contributed by atoms with Gasteiger partial charge < -0.3 is 5.32 Å². The molecule has 0 atom stereocenters. The van der Waals surface area contributed by atoms with Gasteiger partial charge in [-0.2, -0.15) is 11.8 Å². The SMILES string of the molecule is CSc1ccc(S(=O)(=O)NCCSCc2c(Cl)cccc2Cl)cc1NC(C)=O. The van der Waals surface area contributed by atoms with E-state index in [0.29, 0.717) is 27.2 Å². The summed E-state index contributed by atoms with van der Waals surface area (Å²) in [6.45, 7) is 1.64. The zero-order valence-corrected chi connectivity index (χ0v) is 19.3. The molecule has 0 radical (unpaired) electrons. The average molecular weight is 479 g/mol. The summed E-state index contributed by atoms with van der Waals surface area (Å²) in [6, 6.07) is 10.00. The number of hydrogen-bond donors (Lipinski definition) is 2. The molecular weight excluding hydrogens is 459 g/mol. The van der Waals surface area contributed by atoms with Gasteiger partial charge >= 0.3 is 0 Å². The van der Waals surface area contributed by atoms with Gasteiger partial charge in [0.05, 0.1) is 10.6 Å². The maximum absolute atomic E-state index is 12.5. The van der Waals surface area contributed by atoms with Crippen molar-refractivity contribution in [1.29, 1.82) is 0 Å². The Morgan fingerprint density at radius 3 is 2.43 bits per heavy atom. The third-order valence-corrected chi connectivity index (χ3v) is 7.59. The monoisotopic (exact) mass is 478 g/mol. The fraction of sp³-hybridized carbons (Fsp3) is 0.278. The zero-order chi connectivity index (χ0) is 20.7. The first-order chi connectivity index (χ1) is 13.2. The minimum Gasteiger partial charge on any atom is -0.325 e. The normalized spacial score (nSPS) is 11.4. The molecule has 0 unspecified atom stereocenters. The van der Waals surface area contributed by atoms with Gasteiger partial charge in [-0.1, -0.05) is 29.3 Å². The molecule has 0 aliphatic rings. The maximum atomic E-state index is 12.5. The molecule has 10 heteroatoms. The van der Waals surface area contributed by atoms with Crippen molar-refractivity contribution in [3.8, 4) is 0 Å². The van der Waals surface area contributed by atoms with E-state index >= 15 is 0 Å². The minimum atomic E-state index is -3.68. The van der Waals surface area contributed by atoms with E-state index in [1.807, 2.05) is 6.26 Å². The molecule has 0 spiro atoms. The lowest BCUT2D eigenvalue weighted by atomic mass is 10.2. The number of halogens is 2. The predicted molar refractivity (Wildman–Crippen MR) is 120 cm³/mol. The molecule has 2 N–H and O–H groups in total. The molecule has 2 rings (SSSR count). The molecular formula is C18H20Cl2N2O3S3. The largest absolute Gasteiger partial charge is 0.325 e. The fourth-order valence-corrected chi connectivity index (χ4v) is 5.63. The number of thioether (sulfide) groups is 2. The van der Waals surface area contributed by atoms with Gasteiger partial charge in [-0.3, -0.25) is 4.79 Å². The van der Waals surface area contributed by atoms with E-state index in [1.165, 1.54) is 42.6 Å². The second-order valence-corrected chi connectivity index (χ2v) is 10.2. The highest BCUT2D eigenvalue weighted by Gasteiger charge is 2.16. The molecule has 2 aromatic carbocycles. The molecule has 0 bridgehead atoms. The zero-order valence-electron chi connectivity index (χ0n) is 15.3. The van der Waals surface area contributed by atoms with Gasteiger partial charge in [0.1, 0.15) is 0 Å². The lowest BCUT2D eigenvalue weighted by molar-refractivity contribution is -0.114. The van der Waals surface area contributed by atoms with Gasteiger partial charge in [-0.05, 0) is 42.2 Å². The molecule has 1 amide bonds. The van der Waals surface area contributed by atoms with Crippen LogP contribution in [0.2, 0.25) is 10.0 Å². The Balaban J connectivity index is 1.95. The van der Waals surface area contributed by atoms with Crippen molar-refractivity contribution in [2.75, 3.05) is 23.9 Å². The standard InChI is InChI=1S/C18H20Cl2N2O3S3/c1-12(23)22-17-10-13(6-7-18(17)26-2)28(24,25)21-8-9-27-11-14-15(19)4-3-5-16(14)20/h3-7,10,21H,8-9,11H2,1-2H3,(H,22,23). The van der Waals surface area contributed by atoms with E-state index in [0.717, 1.165) is 10.5 Å². The summed E-state index contributed by atoms with van der Waals surface area (Å²) in [6.07, 6.45) is 1.86. The van der Waals surface area contributed by atoms with Crippen LogP contribution >= 0.6 is 46.7 Å². The number of amides is 1. The predicted octanol–water partition coefficient (Wildman–Crippen LogP) is 4.89. The minimum absolute atomic E-state index is 0.105. The molecule has 0 heterocycles. The molecule has 0 aliphatic heterocycles. The molecule has 2 aromatic rings. The lowest BCUT2D eigenvalue weighted by Gasteiger charge is -2.12. The second-order valence-electron chi connectivity index (χ2n) is 5.69. The Labute approximate surface area is 184 Å². The van der Waals surface area contributed by atoms with Crippen LogP contribution in [-0.4, -0.2) is 32.9 Å². The molecule has 0 saturated heterocycles. The molecule has 5 nitrogen and oxygen atoms in total. The Kier molecular flexibility index (Phi) is 8.98. The highest BCUT2D eigenvalue weighted by Crippen LogP contribution is 2.29. The van der Waals surface area contributed by atoms with Gasteiger partial charge in [-0.15, -0.1) is 11.8 Å². The van der Waals surface area contributed by atoms with Crippen LogP contribution in [0.1, 0.15) is 12.5 Å². The number of nitrogens with one attached hydrogen (secondary N) is 2. The van der Waals surface area contributed by atoms with Crippen molar-refractivity contribution in [1.82, 2.24) is 4.72 Å². The molecule has 0 fully saturated rings. The smallest absolute Gasteiger partial charge is 0.240 e. The summed E-state index contributed by atoms with van der Waals surface area (Å²) in [5, 5.41) is 3.86. The van der Waals surface area contributed by atoms with Gasteiger partial charge in [-0.25, -0.2) is 13.1 Å². The van der Waals surface area contributed by atoms with Crippen molar-refractivity contribution in [3.05, 3.63) is 52.0 Å². The van der Waals surface area contributed by atoms with Gasteiger partial charge in [0.2, 0.25) is 15.9 Å². The maximum Gasteiger partial charge on any atom is 0.240 e. The first kappa shape index (κ1) is 23.4. The Bertz CT molecular complexity index is 933. The summed E-state index contributed by atoms with van der Waals surface area (Å²) in [5.74, 6) is 0.893. The molecule has 0 saturated carbocycles. The Morgan fingerprint density at radius 2 is 1.82 bits per heavy atom. The van der Waals surface area contributed by atoms with Gasteiger partial charge in [0.25, 0.3) is 0 Å². The van der Waals surface area contributed by atoms with Crippen LogP contribution in [0.25, 0.3) is 0 Å². The van der Waals surface area contributed by atoms with Crippen LogP contribution in [0.5, 0.6) is 0 Å². The van der Waals surface area contributed by atoms with Crippen molar-refractivity contribution in [2.45, 2.75) is 22.5 Å². The van der Waals surface area contributed by atoms with Crippen LogP contribution in [-0.2, 0) is 20.6 Å². The number of benzene rings is 2. The second kappa shape index (κ2) is 10.8. The van der Waals surface area contributed by atoms with Crippen molar-refractivity contribution >= 4 is 68.3 Å². The molecule has 28 heavy (non-hydrogen) atoms. The summed E-state index contributed by atoms with van der Waals surface area (Å²) < 4.78 is 27.6. The average Bonchev–Trinajstić information content (AvgIpc) is 2.63. The van der Waals surface area contributed by atoms with Crippen molar-refractivity contribution in [3.63, 3.8) is 0 Å². The van der Waals surface area contributed by atoms with E-state index in [1.54, 1.807) is 24.3 Å². The third kappa shape index (κ3) is 6.57. The summed E-state index contributed by atoms with van der Waals surface area (Å²) in [7, 11) is -3.68. The quantitative estimate of drug-likeness (QED) is 0.396. The highest BCUT2D eigenvalue weighted by molar-refractivity contribution is 7.99. The van der Waals surface area contributed by atoms with E-state index in [9.17, 15) is 13.2 Å². The van der Waals surface area contributed by atoms with Crippen LogP contribution in [0, 0.1) is 0 Å². The fourth-order valence-electron chi connectivity index (χ4n) is 2.32. The molecule has 0 aliphatic carbocycles. The molecule has 0 aromatic heterocycles. The van der Waals surface area contributed by atoms with Crippen molar-refractivity contribution in [2.24, 2.45) is 0 Å². The highest BCUT2D eigenvalue weighted by atomic mass is 35.5. The van der Waals surface area contributed by atoms with Crippen LogP contribution in [0.3, 0.4) is 0 Å². The van der Waals surface area contributed by atoms with E-state index in [2.05, 4.69) is 10.0 Å². The first-order valence-corrected chi connectivity index (χ1v) is 12.8. The number of carbonyl (C=O) groups excluding carboxylic acids is 1. The Morgan fingerprint density at radius 1 is 1.14 bits per heavy atom.